The maximum Gasteiger partial charge on any atom is 0.351 e. The molecule has 0 spiro atoms. The number of ether oxygens (including phenoxy) is 1. The number of aliphatic hydroxyl groups is 1. The molecule has 0 amide bonds. The van der Waals surface area contributed by atoms with Crippen LogP contribution in [0.4, 0.5) is 5.82 Å². The summed E-state index contributed by atoms with van der Waals surface area (Å²) in [7, 11) is 0. The number of nitrogens with two attached hydrogens (primary N) is 1. The summed E-state index contributed by atoms with van der Waals surface area (Å²) >= 11 is 2.15. The Morgan fingerprint density at radius 2 is 2.47 bits per heavy atom. The predicted octanol–water partition coefficient (Wildman–Crippen LogP) is 0.217. The van der Waals surface area contributed by atoms with Gasteiger partial charge in [0.15, 0.2) is 0 Å². The zero-order valence-corrected chi connectivity index (χ0v) is 11.5. The zero-order valence-electron chi connectivity index (χ0n) is 9.34. The Morgan fingerprint density at radius 3 is 3.06 bits per heavy atom. The van der Waals surface area contributed by atoms with Crippen molar-refractivity contribution in [2.75, 3.05) is 10.2 Å². The number of hydrogen-bond acceptors (Lipinski definition) is 5. The van der Waals surface area contributed by atoms with Gasteiger partial charge in [0.2, 0.25) is 0 Å². The summed E-state index contributed by atoms with van der Waals surface area (Å²) in [6.07, 6.45) is 0.798. The minimum Gasteiger partial charge on any atom is -0.390 e. The van der Waals surface area contributed by atoms with Gasteiger partial charge in [-0.15, -0.1) is 0 Å². The minimum absolute atomic E-state index is 0.231. The number of halogens is 1. The van der Waals surface area contributed by atoms with Crippen molar-refractivity contribution in [3.8, 4) is 0 Å². The molecular formula is C10H14IN3O3. The first-order valence-corrected chi connectivity index (χ1v) is 6.80. The van der Waals surface area contributed by atoms with Crippen LogP contribution in [0.1, 0.15) is 18.2 Å². The van der Waals surface area contributed by atoms with Gasteiger partial charge in [0, 0.05) is 22.6 Å². The molecule has 0 bridgehead atoms. The van der Waals surface area contributed by atoms with Crippen molar-refractivity contribution in [3.63, 3.8) is 0 Å². The number of anilines is 1. The lowest BCUT2D eigenvalue weighted by atomic mass is 10.2. The van der Waals surface area contributed by atoms with Crippen molar-refractivity contribution in [1.29, 1.82) is 0 Å². The summed E-state index contributed by atoms with van der Waals surface area (Å²) in [5.41, 5.74) is 5.83. The fraction of sp³-hybridized carbons (Fsp3) is 0.600. The van der Waals surface area contributed by atoms with Crippen molar-refractivity contribution < 1.29 is 9.84 Å². The lowest BCUT2D eigenvalue weighted by molar-refractivity contribution is -0.00607. The van der Waals surface area contributed by atoms with Gasteiger partial charge in [-0.25, -0.2) is 4.79 Å². The molecule has 3 atom stereocenters. The normalized spacial score (nSPS) is 28.5. The fourth-order valence-electron chi connectivity index (χ4n) is 1.81. The van der Waals surface area contributed by atoms with Crippen LogP contribution in [0, 0.1) is 6.92 Å². The van der Waals surface area contributed by atoms with Crippen LogP contribution in [0.3, 0.4) is 0 Å². The summed E-state index contributed by atoms with van der Waals surface area (Å²) in [4.78, 5) is 15.4. The number of rotatable bonds is 2. The van der Waals surface area contributed by atoms with Gasteiger partial charge in [-0.2, -0.15) is 4.98 Å². The molecule has 0 unspecified atom stereocenters. The van der Waals surface area contributed by atoms with Gasteiger partial charge in [0.05, 0.1) is 12.2 Å². The maximum atomic E-state index is 11.7. The van der Waals surface area contributed by atoms with E-state index in [1.165, 1.54) is 4.57 Å². The molecular weight excluding hydrogens is 337 g/mol. The minimum atomic E-state index is -0.540. The van der Waals surface area contributed by atoms with E-state index in [4.69, 9.17) is 10.5 Å². The van der Waals surface area contributed by atoms with Gasteiger partial charge in [-0.3, -0.25) is 4.57 Å². The van der Waals surface area contributed by atoms with Crippen LogP contribution in [0.15, 0.2) is 11.0 Å². The van der Waals surface area contributed by atoms with E-state index in [1.54, 1.807) is 13.1 Å². The number of nitrogens with zero attached hydrogens (tertiary/aromatic N) is 2. The van der Waals surface area contributed by atoms with E-state index in [0.29, 0.717) is 10.8 Å². The summed E-state index contributed by atoms with van der Waals surface area (Å²) in [5.74, 6) is 0.232. The highest BCUT2D eigenvalue weighted by molar-refractivity contribution is 14.1. The third-order valence-corrected chi connectivity index (χ3v) is 3.71. The second-order valence-electron chi connectivity index (χ2n) is 4.09. The summed E-state index contributed by atoms with van der Waals surface area (Å²) in [6, 6.07) is 0. The van der Waals surface area contributed by atoms with Crippen LogP contribution in [0.2, 0.25) is 0 Å². The number of aromatic nitrogens is 2. The van der Waals surface area contributed by atoms with E-state index in [1.807, 2.05) is 0 Å². The molecule has 1 fully saturated rings. The van der Waals surface area contributed by atoms with Crippen molar-refractivity contribution in [3.05, 3.63) is 22.2 Å². The molecule has 1 saturated heterocycles. The van der Waals surface area contributed by atoms with Crippen LogP contribution in [-0.2, 0) is 4.74 Å². The maximum absolute atomic E-state index is 11.7. The Bertz CT molecular complexity index is 476. The van der Waals surface area contributed by atoms with Gasteiger partial charge < -0.3 is 15.6 Å². The van der Waals surface area contributed by atoms with Crippen molar-refractivity contribution in [2.24, 2.45) is 0 Å². The SMILES string of the molecule is Cc1cn([C@H]2C[C@H](O)[C@@H](CI)O2)c(=O)nc1N. The van der Waals surface area contributed by atoms with Gasteiger partial charge in [-0.05, 0) is 6.92 Å². The number of nitrogen functional groups attached to an aromatic ring is 1. The number of alkyl halides is 1. The van der Waals surface area contributed by atoms with Crippen molar-refractivity contribution in [2.45, 2.75) is 31.8 Å². The lowest BCUT2D eigenvalue weighted by Gasteiger charge is -2.15. The van der Waals surface area contributed by atoms with E-state index in [2.05, 4.69) is 27.6 Å². The topological polar surface area (TPSA) is 90.4 Å². The molecule has 17 heavy (non-hydrogen) atoms. The molecule has 1 aliphatic heterocycles. The van der Waals surface area contributed by atoms with E-state index in [0.717, 1.165) is 5.56 Å². The molecule has 1 aromatic rings. The molecule has 0 saturated carbocycles. The number of aliphatic hydroxyl groups excluding tert-OH is 1. The summed E-state index contributed by atoms with van der Waals surface area (Å²) in [6.45, 7) is 1.78. The highest BCUT2D eigenvalue weighted by atomic mass is 127. The average molecular weight is 351 g/mol. The molecule has 0 aliphatic carbocycles. The molecule has 6 nitrogen and oxygen atoms in total. The smallest absolute Gasteiger partial charge is 0.351 e. The molecule has 2 heterocycles. The number of aryl methyl sites for hydroxylation is 1. The predicted molar refractivity (Wildman–Crippen MR) is 71.1 cm³/mol. The fourth-order valence-corrected chi connectivity index (χ4v) is 2.60. The Kier molecular flexibility index (Phi) is 3.69. The second kappa shape index (κ2) is 4.91. The van der Waals surface area contributed by atoms with E-state index < -0.39 is 18.0 Å². The quantitative estimate of drug-likeness (QED) is 0.588. The van der Waals surface area contributed by atoms with Gasteiger partial charge in [-0.1, -0.05) is 22.6 Å². The largest absolute Gasteiger partial charge is 0.390 e. The Balaban J connectivity index is 2.30. The van der Waals surface area contributed by atoms with Crippen molar-refractivity contribution >= 4 is 28.4 Å². The highest BCUT2D eigenvalue weighted by Gasteiger charge is 2.34. The zero-order chi connectivity index (χ0) is 12.6. The molecule has 7 heteroatoms. The molecule has 94 valence electrons. The Labute approximate surface area is 112 Å². The standard InChI is InChI=1S/C10H14IN3O3/c1-5-4-14(10(16)13-9(5)12)8-2-6(15)7(3-11)17-8/h4,6-8,15H,2-3H2,1H3,(H2,12,13,16)/t6-,7+,8+/m0/s1. The molecule has 1 aliphatic rings. The monoisotopic (exact) mass is 351 g/mol. The first-order valence-electron chi connectivity index (χ1n) is 5.27. The molecule has 2 rings (SSSR count). The van der Waals surface area contributed by atoms with Crippen LogP contribution >= 0.6 is 22.6 Å². The van der Waals surface area contributed by atoms with Gasteiger partial charge >= 0.3 is 5.69 Å². The molecule has 1 aromatic heterocycles. The van der Waals surface area contributed by atoms with Crippen LogP contribution in [-0.4, -0.2) is 31.3 Å². The Morgan fingerprint density at radius 1 is 1.76 bits per heavy atom. The molecule has 0 aromatic carbocycles. The van der Waals surface area contributed by atoms with Crippen LogP contribution in [0.25, 0.3) is 0 Å². The summed E-state index contributed by atoms with van der Waals surface area (Å²) in [5, 5.41) is 9.75. The third kappa shape index (κ3) is 2.45. The van der Waals surface area contributed by atoms with Crippen LogP contribution < -0.4 is 11.4 Å². The highest BCUT2D eigenvalue weighted by Crippen LogP contribution is 2.28. The van der Waals surface area contributed by atoms with E-state index >= 15 is 0 Å². The lowest BCUT2D eigenvalue weighted by Crippen LogP contribution is -2.28. The second-order valence-corrected chi connectivity index (χ2v) is 4.97. The number of hydrogen-bond donors (Lipinski definition) is 2. The summed E-state index contributed by atoms with van der Waals surface area (Å²) < 4.78 is 7.69. The first kappa shape index (κ1) is 12.8. The molecule has 3 N–H and O–H groups in total. The third-order valence-electron chi connectivity index (χ3n) is 2.84. The van der Waals surface area contributed by atoms with Gasteiger partial charge in [0.25, 0.3) is 0 Å². The average Bonchev–Trinajstić information content (AvgIpc) is 2.65. The molecule has 0 radical (unpaired) electrons. The van der Waals surface area contributed by atoms with Crippen molar-refractivity contribution in [1.82, 2.24) is 9.55 Å². The van der Waals surface area contributed by atoms with E-state index in [-0.39, 0.29) is 11.9 Å². The Hall–Kier alpha value is -0.670. The van der Waals surface area contributed by atoms with E-state index in [9.17, 15) is 9.90 Å². The van der Waals surface area contributed by atoms with Gasteiger partial charge in [0.1, 0.15) is 12.0 Å². The first-order chi connectivity index (χ1) is 8.02. The van der Waals surface area contributed by atoms with Crippen LogP contribution in [0.5, 0.6) is 0 Å².